The van der Waals surface area contributed by atoms with E-state index in [0.717, 1.165) is 38.0 Å². The fraction of sp³-hybridized carbons (Fsp3) is 0.824. The molecule has 1 aliphatic heterocycles. The number of nitrogens with zero attached hydrogens (tertiary/aromatic N) is 3. The Labute approximate surface area is 150 Å². The maximum atomic E-state index is 12.7. The maximum absolute atomic E-state index is 12.7. The standard InChI is InChI=1S/C17H29N5O.ClH/c1-12-15(20-21-22(12)13-7-10-18-11-8-13)16(23)19-14-6-4-5-9-17(14,2)3;/h13-14,18H,4-11H2,1-3H3,(H,19,23);1H. The average molecular weight is 356 g/mol. The first-order valence-electron chi connectivity index (χ1n) is 8.92. The van der Waals surface area contributed by atoms with Crippen molar-refractivity contribution in [2.24, 2.45) is 5.41 Å². The Balaban J connectivity index is 0.00000208. The monoisotopic (exact) mass is 355 g/mol. The van der Waals surface area contributed by atoms with Crippen LogP contribution in [0.2, 0.25) is 0 Å². The highest BCUT2D eigenvalue weighted by atomic mass is 35.5. The van der Waals surface area contributed by atoms with E-state index < -0.39 is 0 Å². The quantitative estimate of drug-likeness (QED) is 0.874. The van der Waals surface area contributed by atoms with E-state index in [4.69, 9.17) is 0 Å². The van der Waals surface area contributed by atoms with Crippen molar-refractivity contribution in [2.75, 3.05) is 13.1 Å². The van der Waals surface area contributed by atoms with Crippen LogP contribution < -0.4 is 10.6 Å². The van der Waals surface area contributed by atoms with Gasteiger partial charge in [-0.1, -0.05) is 31.9 Å². The highest BCUT2D eigenvalue weighted by Crippen LogP contribution is 2.35. The fourth-order valence-electron chi connectivity index (χ4n) is 3.94. The zero-order chi connectivity index (χ0) is 16.4. The molecule has 2 heterocycles. The molecule has 1 atom stereocenters. The number of amides is 1. The maximum Gasteiger partial charge on any atom is 0.273 e. The number of hydrogen-bond acceptors (Lipinski definition) is 4. The Bertz CT molecular complexity index is 565. The zero-order valence-electron chi connectivity index (χ0n) is 15.0. The lowest BCUT2D eigenvalue weighted by molar-refractivity contribution is 0.0847. The molecular weight excluding hydrogens is 326 g/mol. The number of carbonyl (C=O) groups is 1. The molecule has 1 aromatic heterocycles. The van der Waals surface area contributed by atoms with Gasteiger partial charge >= 0.3 is 0 Å². The van der Waals surface area contributed by atoms with Crippen molar-refractivity contribution in [1.29, 1.82) is 0 Å². The van der Waals surface area contributed by atoms with Crippen LogP contribution in [0.5, 0.6) is 0 Å². The number of halogens is 1. The van der Waals surface area contributed by atoms with Crippen LogP contribution in [0.4, 0.5) is 0 Å². The molecule has 6 nitrogen and oxygen atoms in total. The first-order valence-corrected chi connectivity index (χ1v) is 8.92. The van der Waals surface area contributed by atoms with Gasteiger partial charge in [-0.25, -0.2) is 4.68 Å². The zero-order valence-corrected chi connectivity index (χ0v) is 15.8. The van der Waals surface area contributed by atoms with E-state index in [1.807, 2.05) is 11.6 Å². The normalized spacial score (nSPS) is 24.2. The molecule has 3 rings (SSSR count). The van der Waals surface area contributed by atoms with Gasteiger partial charge in [0.05, 0.1) is 11.7 Å². The van der Waals surface area contributed by atoms with Gasteiger partial charge in [0, 0.05) is 6.04 Å². The number of carbonyl (C=O) groups excluding carboxylic acids is 1. The van der Waals surface area contributed by atoms with Crippen molar-refractivity contribution in [3.8, 4) is 0 Å². The van der Waals surface area contributed by atoms with Gasteiger partial charge in [0.25, 0.3) is 5.91 Å². The lowest BCUT2D eigenvalue weighted by atomic mass is 9.73. The molecule has 2 aliphatic rings. The van der Waals surface area contributed by atoms with Crippen LogP contribution in [0.25, 0.3) is 0 Å². The Morgan fingerprint density at radius 1 is 1.25 bits per heavy atom. The second kappa shape index (κ2) is 7.83. The summed E-state index contributed by atoms with van der Waals surface area (Å²) < 4.78 is 1.95. The molecule has 1 unspecified atom stereocenters. The Kier molecular flexibility index (Phi) is 6.26. The van der Waals surface area contributed by atoms with Gasteiger partial charge in [-0.15, -0.1) is 17.5 Å². The van der Waals surface area contributed by atoms with Crippen molar-refractivity contribution in [3.63, 3.8) is 0 Å². The van der Waals surface area contributed by atoms with Crippen molar-refractivity contribution in [1.82, 2.24) is 25.6 Å². The molecule has 136 valence electrons. The SMILES string of the molecule is Cc1c(C(=O)NC2CCCCC2(C)C)nnn1C1CCNCC1.Cl. The first-order chi connectivity index (χ1) is 11.0. The summed E-state index contributed by atoms with van der Waals surface area (Å²) >= 11 is 0. The summed E-state index contributed by atoms with van der Waals surface area (Å²) in [5.74, 6) is -0.0670. The Morgan fingerprint density at radius 3 is 2.62 bits per heavy atom. The molecule has 7 heteroatoms. The molecule has 1 amide bonds. The summed E-state index contributed by atoms with van der Waals surface area (Å²) in [6.45, 7) is 8.46. The summed E-state index contributed by atoms with van der Waals surface area (Å²) in [6, 6.07) is 0.587. The molecule has 1 saturated heterocycles. The molecule has 0 aromatic carbocycles. The molecule has 2 fully saturated rings. The molecular formula is C17H30ClN5O. The summed E-state index contributed by atoms with van der Waals surface area (Å²) in [4.78, 5) is 12.7. The van der Waals surface area contributed by atoms with Crippen LogP contribution >= 0.6 is 12.4 Å². The van der Waals surface area contributed by atoms with Crippen LogP contribution in [0.3, 0.4) is 0 Å². The molecule has 24 heavy (non-hydrogen) atoms. The van der Waals surface area contributed by atoms with E-state index in [1.54, 1.807) is 0 Å². The van der Waals surface area contributed by atoms with Crippen LogP contribution in [0.1, 0.15) is 74.6 Å². The minimum atomic E-state index is -0.0670. The average Bonchev–Trinajstić information content (AvgIpc) is 2.92. The van der Waals surface area contributed by atoms with E-state index in [1.165, 1.54) is 19.3 Å². The van der Waals surface area contributed by atoms with Crippen molar-refractivity contribution >= 4 is 18.3 Å². The topological polar surface area (TPSA) is 71.8 Å². The van der Waals surface area contributed by atoms with Gasteiger partial charge < -0.3 is 10.6 Å². The number of piperidine rings is 1. The number of aromatic nitrogens is 3. The van der Waals surface area contributed by atoms with Crippen LogP contribution in [0.15, 0.2) is 0 Å². The molecule has 0 bridgehead atoms. The van der Waals surface area contributed by atoms with Gasteiger partial charge in [0.1, 0.15) is 0 Å². The predicted octanol–water partition coefficient (Wildman–Crippen LogP) is 2.63. The van der Waals surface area contributed by atoms with Gasteiger partial charge in [-0.05, 0) is 51.1 Å². The van der Waals surface area contributed by atoms with E-state index in [9.17, 15) is 4.79 Å². The van der Waals surface area contributed by atoms with Gasteiger partial charge in [0.2, 0.25) is 0 Å². The fourth-order valence-corrected chi connectivity index (χ4v) is 3.94. The molecule has 1 saturated carbocycles. The predicted molar refractivity (Wildman–Crippen MR) is 96.7 cm³/mol. The van der Waals surface area contributed by atoms with E-state index >= 15 is 0 Å². The molecule has 1 aliphatic carbocycles. The smallest absolute Gasteiger partial charge is 0.273 e. The number of nitrogens with one attached hydrogen (secondary N) is 2. The van der Waals surface area contributed by atoms with Gasteiger partial charge in [0.15, 0.2) is 5.69 Å². The molecule has 0 spiro atoms. The highest BCUT2D eigenvalue weighted by molar-refractivity contribution is 5.93. The lowest BCUT2D eigenvalue weighted by Gasteiger charge is -2.38. The lowest BCUT2D eigenvalue weighted by Crippen LogP contribution is -2.47. The molecule has 1 aromatic rings. The van der Waals surface area contributed by atoms with Crippen LogP contribution in [0, 0.1) is 12.3 Å². The van der Waals surface area contributed by atoms with Crippen molar-refractivity contribution in [3.05, 3.63) is 11.4 Å². The third kappa shape index (κ3) is 3.91. The minimum absolute atomic E-state index is 0. The summed E-state index contributed by atoms with van der Waals surface area (Å²) in [6.07, 6.45) is 6.75. The van der Waals surface area contributed by atoms with Crippen molar-refractivity contribution in [2.45, 2.75) is 71.4 Å². The number of rotatable bonds is 3. The second-order valence-corrected chi connectivity index (χ2v) is 7.71. The van der Waals surface area contributed by atoms with E-state index in [-0.39, 0.29) is 29.8 Å². The Morgan fingerprint density at radius 2 is 1.96 bits per heavy atom. The van der Waals surface area contributed by atoms with Gasteiger partial charge in [-0.3, -0.25) is 4.79 Å². The first kappa shape index (κ1) is 19.2. The van der Waals surface area contributed by atoms with Crippen LogP contribution in [-0.4, -0.2) is 40.0 Å². The summed E-state index contributed by atoms with van der Waals surface area (Å²) in [5.41, 5.74) is 1.54. The molecule has 0 radical (unpaired) electrons. The highest BCUT2D eigenvalue weighted by Gasteiger charge is 2.34. The van der Waals surface area contributed by atoms with E-state index in [0.29, 0.717) is 11.7 Å². The van der Waals surface area contributed by atoms with Crippen LogP contribution in [-0.2, 0) is 0 Å². The molecule has 2 N–H and O–H groups in total. The summed E-state index contributed by atoms with van der Waals surface area (Å²) in [7, 11) is 0. The Hall–Kier alpha value is -1.14. The van der Waals surface area contributed by atoms with Gasteiger partial charge in [-0.2, -0.15) is 0 Å². The van der Waals surface area contributed by atoms with Crippen molar-refractivity contribution < 1.29 is 4.79 Å². The van der Waals surface area contributed by atoms with E-state index in [2.05, 4.69) is 34.8 Å². The minimum Gasteiger partial charge on any atom is -0.347 e. The third-order valence-electron chi connectivity index (χ3n) is 5.61. The number of hydrogen-bond donors (Lipinski definition) is 2. The second-order valence-electron chi connectivity index (χ2n) is 7.71. The summed E-state index contributed by atoms with van der Waals surface area (Å²) in [5, 5.41) is 15.0. The largest absolute Gasteiger partial charge is 0.347 e. The third-order valence-corrected chi connectivity index (χ3v) is 5.61.